The summed E-state index contributed by atoms with van der Waals surface area (Å²) in [6.45, 7) is 6.04. The van der Waals surface area contributed by atoms with Gasteiger partial charge >= 0.3 is 0 Å². The maximum atomic E-state index is 12.0. The maximum Gasteiger partial charge on any atom is 0.223 e. The Morgan fingerprint density at radius 3 is 2.60 bits per heavy atom. The Hall–Kier alpha value is -1.75. The van der Waals surface area contributed by atoms with Crippen LogP contribution in [-0.4, -0.2) is 57.2 Å². The van der Waals surface area contributed by atoms with Crippen molar-refractivity contribution in [2.45, 2.75) is 32.1 Å². The maximum absolute atomic E-state index is 12.0. The molecule has 2 aliphatic rings. The van der Waals surface area contributed by atoms with Gasteiger partial charge in [0.05, 0.1) is 12.8 Å². The molecule has 3 rings (SSSR count). The fourth-order valence-corrected chi connectivity index (χ4v) is 3.95. The van der Waals surface area contributed by atoms with Gasteiger partial charge in [-0.25, -0.2) is 0 Å². The molecule has 1 heterocycles. The fraction of sp³-hybridized carbons (Fsp3) is 0.650. The van der Waals surface area contributed by atoms with Crippen molar-refractivity contribution in [1.82, 2.24) is 10.2 Å². The van der Waals surface area contributed by atoms with Gasteiger partial charge in [0.15, 0.2) is 0 Å². The van der Waals surface area contributed by atoms with Crippen LogP contribution in [0.3, 0.4) is 0 Å². The Morgan fingerprint density at radius 2 is 1.88 bits per heavy atom. The number of hydrogen-bond acceptors (Lipinski definition) is 4. The Bertz CT molecular complexity index is 550. The molecule has 1 saturated heterocycles. The topological polar surface area (TPSA) is 44.8 Å². The van der Waals surface area contributed by atoms with Crippen molar-refractivity contribution in [3.63, 3.8) is 0 Å². The number of ether oxygens (including phenoxy) is 1. The van der Waals surface area contributed by atoms with Crippen LogP contribution in [0, 0.1) is 5.92 Å². The minimum Gasteiger partial charge on any atom is -0.495 e. The molecule has 1 aliphatic carbocycles. The van der Waals surface area contributed by atoms with Crippen molar-refractivity contribution >= 4 is 11.6 Å². The van der Waals surface area contributed by atoms with Crippen molar-refractivity contribution in [3.8, 4) is 5.75 Å². The SMILES string of the molecule is COc1ccccc1N1CCN(CCCNC(=O)C2CCCC2)CC1. The van der Waals surface area contributed by atoms with Gasteiger partial charge in [-0.15, -0.1) is 0 Å². The van der Waals surface area contributed by atoms with Crippen LogP contribution in [0.15, 0.2) is 24.3 Å². The Labute approximate surface area is 151 Å². The molecule has 0 unspecified atom stereocenters. The van der Waals surface area contributed by atoms with Gasteiger partial charge in [0.1, 0.15) is 5.75 Å². The van der Waals surface area contributed by atoms with E-state index in [0.717, 1.165) is 64.3 Å². The predicted molar refractivity (Wildman–Crippen MR) is 101 cm³/mol. The molecular weight excluding hydrogens is 314 g/mol. The summed E-state index contributed by atoms with van der Waals surface area (Å²) < 4.78 is 5.47. The molecule has 0 spiro atoms. The first-order valence-corrected chi connectivity index (χ1v) is 9.66. The highest BCUT2D eigenvalue weighted by Crippen LogP contribution is 2.28. The zero-order valence-corrected chi connectivity index (χ0v) is 15.4. The van der Waals surface area contributed by atoms with E-state index in [0.29, 0.717) is 0 Å². The van der Waals surface area contributed by atoms with E-state index in [1.807, 2.05) is 12.1 Å². The number of piperazine rings is 1. The Morgan fingerprint density at radius 1 is 1.16 bits per heavy atom. The number of amides is 1. The molecule has 1 N–H and O–H groups in total. The van der Waals surface area contributed by atoms with Gasteiger partial charge in [-0.2, -0.15) is 0 Å². The molecule has 0 bridgehead atoms. The highest BCUT2D eigenvalue weighted by atomic mass is 16.5. The predicted octanol–water partition coefficient (Wildman–Crippen LogP) is 2.51. The molecule has 1 aromatic rings. The lowest BCUT2D eigenvalue weighted by atomic mass is 10.1. The van der Waals surface area contributed by atoms with Gasteiger partial charge < -0.3 is 15.0 Å². The third kappa shape index (κ3) is 4.88. The molecule has 5 heteroatoms. The van der Waals surface area contributed by atoms with Crippen LogP contribution in [0.5, 0.6) is 5.75 Å². The summed E-state index contributed by atoms with van der Waals surface area (Å²) in [7, 11) is 1.73. The molecule has 25 heavy (non-hydrogen) atoms. The normalized spacial score (nSPS) is 19.2. The van der Waals surface area contributed by atoms with Crippen molar-refractivity contribution in [2.24, 2.45) is 5.92 Å². The molecule has 5 nitrogen and oxygen atoms in total. The molecule has 0 atom stereocenters. The number of carbonyl (C=O) groups is 1. The second kappa shape index (κ2) is 9.09. The highest BCUT2D eigenvalue weighted by molar-refractivity contribution is 5.78. The summed E-state index contributed by atoms with van der Waals surface area (Å²) in [6.07, 6.45) is 5.63. The lowest BCUT2D eigenvalue weighted by Crippen LogP contribution is -2.47. The number of carbonyl (C=O) groups excluding carboxylic acids is 1. The van der Waals surface area contributed by atoms with E-state index < -0.39 is 0 Å². The minimum absolute atomic E-state index is 0.276. The number of hydrogen-bond donors (Lipinski definition) is 1. The molecule has 1 aromatic carbocycles. The molecular formula is C20H31N3O2. The van der Waals surface area contributed by atoms with Gasteiger partial charge in [-0.1, -0.05) is 25.0 Å². The average molecular weight is 345 g/mol. The Balaban J connectivity index is 1.34. The highest BCUT2D eigenvalue weighted by Gasteiger charge is 2.22. The van der Waals surface area contributed by atoms with Crippen LogP contribution in [0.25, 0.3) is 0 Å². The van der Waals surface area contributed by atoms with Crippen LogP contribution >= 0.6 is 0 Å². The van der Waals surface area contributed by atoms with E-state index in [4.69, 9.17) is 4.74 Å². The molecule has 1 aliphatic heterocycles. The summed E-state index contributed by atoms with van der Waals surface area (Å²) in [5.41, 5.74) is 1.19. The zero-order valence-electron chi connectivity index (χ0n) is 15.4. The molecule has 1 saturated carbocycles. The molecule has 0 aromatic heterocycles. The average Bonchev–Trinajstić information content (AvgIpc) is 3.20. The second-order valence-electron chi connectivity index (χ2n) is 7.13. The Kier molecular flexibility index (Phi) is 6.56. The molecule has 1 amide bonds. The van der Waals surface area contributed by atoms with E-state index in [1.165, 1.54) is 18.5 Å². The first kappa shape index (κ1) is 18.1. The summed E-state index contributed by atoms with van der Waals surface area (Å²) in [5, 5.41) is 3.12. The smallest absolute Gasteiger partial charge is 0.223 e. The number of nitrogens with zero attached hydrogens (tertiary/aromatic N) is 2. The van der Waals surface area contributed by atoms with Crippen molar-refractivity contribution in [1.29, 1.82) is 0 Å². The van der Waals surface area contributed by atoms with Crippen LogP contribution in [0.2, 0.25) is 0 Å². The zero-order chi connectivity index (χ0) is 17.5. The largest absolute Gasteiger partial charge is 0.495 e. The van der Waals surface area contributed by atoms with Gasteiger partial charge in [0.25, 0.3) is 0 Å². The molecule has 0 radical (unpaired) electrons. The van der Waals surface area contributed by atoms with E-state index in [2.05, 4.69) is 27.2 Å². The van der Waals surface area contributed by atoms with Crippen LogP contribution < -0.4 is 15.0 Å². The van der Waals surface area contributed by atoms with Crippen LogP contribution in [-0.2, 0) is 4.79 Å². The van der Waals surface area contributed by atoms with E-state index in [-0.39, 0.29) is 11.8 Å². The van der Waals surface area contributed by atoms with E-state index >= 15 is 0 Å². The number of nitrogens with one attached hydrogen (secondary N) is 1. The van der Waals surface area contributed by atoms with Crippen molar-refractivity contribution in [3.05, 3.63) is 24.3 Å². The summed E-state index contributed by atoms with van der Waals surface area (Å²) in [4.78, 5) is 16.9. The third-order valence-electron chi connectivity index (χ3n) is 5.47. The molecule has 138 valence electrons. The first-order chi connectivity index (χ1) is 12.3. The van der Waals surface area contributed by atoms with E-state index in [1.54, 1.807) is 7.11 Å². The summed E-state index contributed by atoms with van der Waals surface area (Å²) >= 11 is 0. The van der Waals surface area contributed by atoms with Gasteiger partial charge in [0.2, 0.25) is 5.91 Å². The number of rotatable bonds is 7. The molecule has 2 fully saturated rings. The van der Waals surface area contributed by atoms with Gasteiger partial charge in [0, 0.05) is 38.6 Å². The lowest BCUT2D eigenvalue weighted by Gasteiger charge is -2.36. The summed E-state index contributed by atoms with van der Waals surface area (Å²) in [6, 6.07) is 8.23. The van der Waals surface area contributed by atoms with Gasteiger partial charge in [-0.05, 0) is 37.9 Å². The fourth-order valence-electron chi connectivity index (χ4n) is 3.95. The van der Waals surface area contributed by atoms with Crippen molar-refractivity contribution in [2.75, 3.05) is 51.3 Å². The number of benzene rings is 1. The monoisotopic (exact) mass is 345 g/mol. The number of methoxy groups -OCH3 is 1. The van der Waals surface area contributed by atoms with E-state index in [9.17, 15) is 4.79 Å². The minimum atomic E-state index is 0.276. The quantitative estimate of drug-likeness (QED) is 0.771. The standard InChI is InChI=1S/C20H31N3O2/c1-25-19-10-5-4-9-18(19)23-15-13-22(14-16-23)12-6-11-21-20(24)17-7-2-3-8-17/h4-5,9-10,17H,2-3,6-8,11-16H2,1H3,(H,21,24). The van der Waals surface area contributed by atoms with Gasteiger partial charge in [-0.3, -0.25) is 9.69 Å². The number of para-hydroxylation sites is 2. The summed E-state index contributed by atoms with van der Waals surface area (Å²) in [5.74, 6) is 1.51. The van der Waals surface area contributed by atoms with Crippen molar-refractivity contribution < 1.29 is 9.53 Å². The number of anilines is 1. The third-order valence-corrected chi connectivity index (χ3v) is 5.47. The van der Waals surface area contributed by atoms with Crippen LogP contribution in [0.1, 0.15) is 32.1 Å². The second-order valence-corrected chi connectivity index (χ2v) is 7.13. The lowest BCUT2D eigenvalue weighted by molar-refractivity contribution is -0.124. The first-order valence-electron chi connectivity index (χ1n) is 9.66. The van der Waals surface area contributed by atoms with Crippen LogP contribution in [0.4, 0.5) is 5.69 Å².